The quantitative estimate of drug-likeness (QED) is 0.739. The summed E-state index contributed by atoms with van der Waals surface area (Å²) in [7, 11) is 0. The second-order valence-corrected chi connectivity index (χ2v) is 3.08. The maximum absolute atomic E-state index is 13.1. The fourth-order valence-corrected chi connectivity index (χ4v) is 1.20. The lowest BCUT2D eigenvalue weighted by Crippen LogP contribution is -1.93. The summed E-state index contributed by atoms with van der Waals surface area (Å²) in [6.07, 6.45) is 0. The first kappa shape index (κ1) is 9.71. The summed E-state index contributed by atoms with van der Waals surface area (Å²) in [4.78, 5) is 0. The van der Waals surface area contributed by atoms with Crippen LogP contribution < -0.4 is 4.74 Å². The topological polar surface area (TPSA) is 9.23 Å². The monoisotopic (exact) mass is 201 g/mol. The van der Waals surface area contributed by atoms with Gasteiger partial charge in [0.15, 0.2) is 18.2 Å². The molecule has 0 saturated heterocycles. The Hall–Kier alpha value is -1.83. The average molecular weight is 201 g/mol. The first-order chi connectivity index (χ1) is 7.36. The van der Waals surface area contributed by atoms with E-state index in [1.54, 1.807) is 18.2 Å². The van der Waals surface area contributed by atoms with Crippen LogP contribution in [0.2, 0.25) is 0 Å². The second kappa shape index (κ2) is 4.60. The second-order valence-electron chi connectivity index (χ2n) is 3.08. The molecular formula is C13H10FO. The van der Waals surface area contributed by atoms with Crippen LogP contribution in [0.25, 0.3) is 0 Å². The molecule has 0 saturated carbocycles. The van der Waals surface area contributed by atoms with Crippen LogP contribution in [0.5, 0.6) is 5.75 Å². The summed E-state index contributed by atoms with van der Waals surface area (Å²) in [6.45, 7) is 1.53. The fraction of sp³-hybridized carbons (Fsp3) is 0. The van der Waals surface area contributed by atoms with Gasteiger partial charge in [-0.1, -0.05) is 42.5 Å². The van der Waals surface area contributed by atoms with Gasteiger partial charge in [-0.2, -0.15) is 0 Å². The minimum atomic E-state index is -0.357. The lowest BCUT2D eigenvalue weighted by molar-refractivity contribution is 0.399. The van der Waals surface area contributed by atoms with Crippen molar-refractivity contribution in [3.05, 3.63) is 72.6 Å². The van der Waals surface area contributed by atoms with Gasteiger partial charge in [-0.15, -0.1) is 0 Å². The van der Waals surface area contributed by atoms with E-state index in [0.29, 0.717) is 0 Å². The van der Waals surface area contributed by atoms with Crippen LogP contribution in [0.3, 0.4) is 0 Å². The maximum atomic E-state index is 13.1. The van der Waals surface area contributed by atoms with Crippen molar-refractivity contribution in [2.24, 2.45) is 0 Å². The number of rotatable bonds is 3. The summed E-state index contributed by atoms with van der Waals surface area (Å²) in [6, 6.07) is 15.8. The third kappa shape index (κ3) is 2.56. The molecule has 2 rings (SSSR count). The first-order valence-corrected chi connectivity index (χ1v) is 4.66. The number of para-hydroxylation sites is 1. The van der Waals surface area contributed by atoms with Gasteiger partial charge in [0.2, 0.25) is 0 Å². The van der Waals surface area contributed by atoms with E-state index in [4.69, 9.17) is 4.74 Å². The molecule has 0 fully saturated rings. The summed E-state index contributed by atoms with van der Waals surface area (Å²) in [5.74, 6) is -0.119. The number of ether oxygens (including phenoxy) is 1. The molecule has 0 bridgehead atoms. The van der Waals surface area contributed by atoms with Crippen molar-refractivity contribution in [2.45, 2.75) is 0 Å². The highest BCUT2D eigenvalue weighted by Crippen LogP contribution is 2.17. The van der Waals surface area contributed by atoms with Gasteiger partial charge < -0.3 is 4.74 Å². The maximum Gasteiger partial charge on any atom is 0.165 e. The van der Waals surface area contributed by atoms with Crippen LogP contribution in [-0.4, -0.2) is 0 Å². The minimum absolute atomic E-state index is 0.237. The standard InChI is InChI=1S/C13H10FO/c14-12-8-4-5-9-13(12)15-10-11-6-2-1-3-7-11/h1-10H. The molecule has 0 atom stereocenters. The van der Waals surface area contributed by atoms with Crippen LogP contribution in [0, 0.1) is 12.4 Å². The van der Waals surface area contributed by atoms with Crippen molar-refractivity contribution in [3.63, 3.8) is 0 Å². The highest BCUT2D eigenvalue weighted by Gasteiger charge is 2.01. The van der Waals surface area contributed by atoms with Gasteiger partial charge in [0, 0.05) is 0 Å². The van der Waals surface area contributed by atoms with Crippen molar-refractivity contribution in [1.82, 2.24) is 0 Å². The van der Waals surface area contributed by atoms with Crippen molar-refractivity contribution < 1.29 is 9.13 Å². The van der Waals surface area contributed by atoms with Gasteiger partial charge in [0.1, 0.15) is 0 Å². The lowest BCUT2D eigenvalue weighted by atomic mass is 10.2. The molecule has 1 radical (unpaired) electrons. The number of benzene rings is 2. The summed E-state index contributed by atoms with van der Waals surface area (Å²) in [5.41, 5.74) is 0.903. The van der Waals surface area contributed by atoms with Crippen molar-refractivity contribution in [3.8, 4) is 5.75 Å². The normalized spacial score (nSPS) is 9.93. The van der Waals surface area contributed by atoms with Crippen LogP contribution in [0.15, 0.2) is 54.6 Å². The molecule has 15 heavy (non-hydrogen) atoms. The van der Waals surface area contributed by atoms with E-state index in [2.05, 4.69) is 0 Å². The molecule has 0 aliphatic carbocycles. The Labute approximate surface area is 88.1 Å². The SMILES string of the molecule is Fc1ccccc1O[CH]c1ccccc1. The van der Waals surface area contributed by atoms with Gasteiger partial charge >= 0.3 is 0 Å². The Morgan fingerprint density at radius 2 is 1.53 bits per heavy atom. The van der Waals surface area contributed by atoms with E-state index in [-0.39, 0.29) is 11.6 Å². The van der Waals surface area contributed by atoms with E-state index in [1.807, 2.05) is 30.3 Å². The molecule has 0 N–H and O–H groups in total. The molecule has 2 heteroatoms. The molecule has 2 aromatic rings. The van der Waals surface area contributed by atoms with Crippen LogP contribution in [0.1, 0.15) is 5.56 Å². The van der Waals surface area contributed by atoms with Crippen LogP contribution in [-0.2, 0) is 0 Å². The fourth-order valence-electron chi connectivity index (χ4n) is 1.20. The Morgan fingerprint density at radius 1 is 0.867 bits per heavy atom. The highest BCUT2D eigenvalue weighted by molar-refractivity contribution is 5.27. The third-order valence-corrected chi connectivity index (χ3v) is 1.96. The average Bonchev–Trinajstić information content (AvgIpc) is 2.29. The molecule has 0 aromatic heterocycles. The van der Waals surface area contributed by atoms with Gasteiger partial charge in [-0.05, 0) is 17.7 Å². The lowest BCUT2D eigenvalue weighted by Gasteiger charge is -2.05. The van der Waals surface area contributed by atoms with E-state index >= 15 is 0 Å². The molecule has 1 nitrogen and oxygen atoms in total. The summed E-state index contributed by atoms with van der Waals surface area (Å²) < 4.78 is 18.4. The zero-order valence-electron chi connectivity index (χ0n) is 8.06. The Bertz CT molecular complexity index is 426. The molecule has 75 valence electrons. The summed E-state index contributed by atoms with van der Waals surface area (Å²) in [5, 5.41) is 0. The third-order valence-electron chi connectivity index (χ3n) is 1.96. The van der Waals surface area contributed by atoms with Crippen molar-refractivity contribution in [2.75, 3.05) is 0 Å². The Balaban J connectivity index is 2.03. The summed E-state index contributed by atoms with van der Waals surface area (Å²) >= 11 is 0. The molecule has 0 aliphatic heterocycles. The number of hydrogen-bond acceptors (Lipinski definition) is 1. The molecule has 0 aliphatic rings. The minimum Gasteiger partial charge on any atom is -0.478 e. The molecular weight excluding hydrogens is 191 g/mol. The number of hydrogen-bond donors (Lipinski definition) is 0. The Morgan fingerprint density at radius 3 is 2.27 bits per heavy atom. The predicted octanol–water partition coefficient (Wildman–Crippen LogP) is 3.41. The van der Waals surface area contributed by atoms with Crippen molar-refractivity contribution >= 4 is 0 Å². The molecule has 2 aromatic carbocycles. The molecule has 0 spiro atoms. The smallest absolute Gasteiger partial charge is 0.165 e. The van der Waals surface area contributed by atoms with Gasteiger partial charge in [-0.3, -0.25) is 0 Å². The van der Waals surface area contributed by atoms with Gasteiger partial charge in [-0.25, -0.2) is 4.39 Å². The zero-order valence-corrected chi connectivity index (χ0v) is 8.06. The highest BCUT2D eigenvalue weighted by atomic mass is 19.1. The van der Waals surface area contributed by atoms with Crippen molar-refractivity contribution in [1.29, 1.82) is 0 Å². The van der Waals surface area contributed by atoms with E-state index in [9.17, 15) is 4.39 Å². The van der Waals surface area contributed by atoms with E-state index in [1.165, 1.54) is 12.7 Å². The van der Waals surface area contributed by atoms with Gasteiger partial charge in [0.05, 0.1) is 0 Å². The number of halogens is 1. The molecule has 0 heterocycles. The van der Waals surface area contributed by atoms with Crippen LogP contribution in [0.4, 0.5) is 4.39 Å². The zero-order chi connectivity index (χ0) is 10.5. The van der Waals surface area contributed by atoms with Crippen LogP contribution >= 0.6 is 0 Å². The largest absolute Gasteiger partial charge is 0.478 e. The Kier molecular flexibility index (Phi) is 2.98. The predicted molar refractivity (Wildman–Crippen MR) is 56.9 cm³/mol. The molecule has 0 unspecified atom stereocenters. The first-order valence-electron chi connectivity index (χ1n) is 4.66. The van der Waals surface area contributed by atoms with E-state index < -0.39 is 0 Å². The van der Waals surface area contributed by atoms with Gasteiger partial charge in [0.25, 0.3) is 0 Å². The van der Waals surface area contributed by atoms with E-state index in [0.717, 1.165) is 5.56 Å². The molecule has 0 amide bonds.